The lowest BCUT2D eigenvalue weighted by atomic mass is 9.89. The van der Waals surface area contributed by atoms with E-state index < -0.39 is 90.7 Å². The summed E-state index contributed by atoms with van der Waals surface area (Å²) < 4.78 is 0. The summed E-state index contributed by atoms with van der Waals surface area (Å²) in [5, 5.41) is 48.5. The van der Waals surface area contributed by atoms with Gasteiger partial charge in [0.25, 0.3) is 0 Å². The highest BCUT2D eigenvalue weighted by Crippen LogP contribution is 2.39. The normalized spacial score (nSPS) is 17.8. The smallest absolute Gasteiger partial charge is 0.326 e. The molecule has 0 aromatic heterocycles. The third kappa shape index (κ3) is 10.3. The van der Waals surface area contributed by atoms with Gasteiger partial charge in [0.2, 0.25) is 23.6 Å². The second-order valence-electron chi connectivity index (χ2n) is 15.0. The van der Waals surface area contributed by atoms with E-state index in [1.165, 1.54) is 64.3 Å². The number of hydrogen-bond donors (Lipinski definition) is 6. The van der Waals surface area contributed by atoms with Gasteiger partial charge in [0.05, 0.1) is 19.1 Å². The first kappa shape index (κ1) is 43.5. The van der Waals surface area contributed by atoms with Gasteiger partial charge in [-0.3, -0.25) is 28.8 Å². The number of rotatable bonds is 12. The molecule has 15 nitrogen and oxygen atoms in total. The van der Waals surface area contributed by atoms with Crippen molar-refractivity contribution in [3.63, 3.8) is 0 Å². The molecule has 0 spiro atoms. The van der Waals surface area contributed by atoms with E-state index in [4.69, 9.17) is 0 Å². The monoisotopic (exact) mass is 808 g/mol. The van der Waals surface area contributed by atoms with Crippen LogP contribution in [0.25, 0.3) is 21.9 Å². The van der Waals surface area contributed by atoms with Crippen molar-refractivity contribution in [3.05, 3.63) is 95.6 Å². The molecule has 4 bridgehead atoms. The molecule has 1 aliphatic heterocycles. The lowest BCUT2D eigenvalue weighted by Gasteiger charge is -2.30. The summed E-state index contributed by atoms with van der Waals surface area (Å²) in [7, 11) is 2.73. The summed E-state index contributed by atoms with van der Waals surface area (Å²) in [5.41, 5.74) is 1.60. The van der Waals surface area contributed by atoms with Crippen molar-refractivity contribution < 1.29 is 54.0 Å². The second-order valence-corrected chi connectivity index (χ2v) is 15.0. The van der Waals surface area contributed by atoms with Crippen molar-refractivity contribution >= 4 is 51.9 Å². The van der Waals surface area contributed by atoms with E-state index in [0.717, 1.165) is 20.6 Å². The van der Waals surface area contributed by atoms with Crippen LogP contribution in [-0.4, -0.2) is 110 Å². The number of nitrogens with zero attached hydrogens (tertiary/aromatic N) is 2. The maximum absolute atomic E-state index is 14.0. The van der Waals surface area contributed by atoms with E-state index in [2.05, 4.69) is 10.6 Å². The van der Waals surface area contributed by atoms with Crippen LogP contribution in [0.15, 0.2) is 78.9 Å². The Hall–Kier alpha value is -6.61. The van der Waals surface area contributed by atoms with Gasteiger partial charge in [-0.05, 0) is 58.7 Å². The minimum atomic E-state index is -1.37. The van der Waals surface area contributed by atoms with Gasteiger partial charge in [-0.15, -0.1) is 0 Å². The van der Waals surface area contributed by atoms with Crippen LogP contribution >= 0.6 is 0 Å². The van der Waals surface area contributed by atoms with Crippen LogP contribution in [0.4, 0.5) is 0 Å². The Balaban J connectivity index is 1.28. The molecule has 6 N–H and O–H groups in total. The predicted molar refractivity (Wildman–Crippen MR) is 216 cm³/mol. The van der Waals surface area contributed by atoms with Crippen LogP contribution in [0.5, 0.6) is 11.5 Å². The molecule has 15 heteroatoms. The van der Waals surface area contributed by atoms with Crippen LogP contribution in [0.2, 0.25) is 0 Å². The highest BCUT2D eigenvalue weighted by atomic mass is 16.4. The van der Waals surface area contributed by atoms with Gasteiger partial charge in [0.1, 0.15) is 29.6 Å². The van der Waals surface area contributed by atoms with E-state index >= 15 is 0 Å². The van der Waals surface area contributed by atoms with Crippen molar-refractivity contribution in [3.8, 4) is 22.6 Å². The molecule has 4 amide bonds. The highest BCUT2D eigenvalue weighted by molar-refractivity contribution is 5.97. The molecule has 4 aromatic carbocycles. The molecule has 0 fully saturated rings. The van der Waals surface area contributed by atoms with Crippen LogP contribution in [0.1, 0.15) is 55.8 Å². The average molecular weight is 809 g/mol. The summed E-state index contributed by atoms with van der Waals surface area (Å²) >= 11 is 0. The third-order valence-electron chi connectivity index (χ3n) is 10.7. The van der Waals surface area contributed by atoms with Gasteiger partial charge in [-0.25, -0.2) is 4.79 Å². The second kappa shape index (κ2) is 18.8. The van der Waals surface area contributed by atoms with E-state index in [1.807, 2.05) is 42.5 Å². The van der Waals surface area contributed by atoms with Gasteiger partial charge in [-0.2, -0.15) is 0 Å². The molecule has 1 aliphatic rings. The number of likely N-dealkylation sites (N-methyl/N-ethyl adjacent to an activating group) is 2. The number of carboxylic acids is 1. The number of Topliss-reactive ketones (excluding diaryl/α,β-unsaturated/α-hetero) is 2. The molecule has 0 saturated carbocycles. The number of ketones is 2. The van der Waals surface area contributed by atoms with E-state index in [9.17, 15) is 54.0 Å². The molecule has 0 unspecified atom stereocenters. The third-order valence-corrected chi connectivity index (χ3v) is 10.7. The zero-order valence-electron chi connectivity index (χ0n) is 33.2. The minimum absolute atomic E-state index is 0.0306. The minimum Gasteiger partial charge on any atom is -0.507 e. The van der Waals surface area contributed by atoms with E-state index in [1.54, 1.807) is 0 Å². The topological polar surface area (TPSA) is 231 Å². The molecule has 0 aliphatic carbocycles. The van der Waals surface area contributed by atoms with Gasteiger partial charge >= 0.3 is 5.97 Å². The Morgan fingerprint density at radius 2 is 1.49 bits per heavy atom. The molecule has 5 rings (SSSR count). The fourth-order valence-corrected chi connectivity index (χ4v) is 7.11. The molecule has 4 aromatic rings. The first-order valence-corrected chi connectivity index (χ1v) is 19.1. The van der Waals surface area contributed by atoms with E-state index in [0.29, 0.717) is 11.1 Å². The number of aliphatic hydroxyl groups is 1. The number of carboxylic acid groups (broad SMARTS) is 1. The first-order chi connectivity index (χ1) is 28.0. The Labute approximate surface area is 340 Å². The predicted octanol–water partition coefficient (Wildman–Crippen LogP) is 3.05. The largest absolute Gasteiger partial charge is 0.507 e. The summed E-state index contributed by atoms with van der Waals surface area (Å²) in [4.78, 5) is 94.7. The fourth-order valence-electron chi connectivity index (χ4n) is 7.11. The maximum Gasteiger partial charge on any atom is 0.326 e. The van der Waals surface area contributed by atoms with E-state index in [-0.39, 0.29) is 47.5 Å². The Kier molecular flexibility index (Phi) is 13.8. The molecule has 59 heavy (non-hydrogen) atoms. The molecular weight excluding hydrogens is 761 g/mol. The number of nitrogens with one attached hydrogen (secondary N) is 2. The quantitative estimate of drug-likeness (QED) is 0.122. The summed E-state index contributed by atoms with van der Waals surface area (Å²) in [6.45, 7) is 2.15. The Morgan fingerprint density at radius 1 is 0.831 bits per heavy atom. The summed E-state index contributed by atoms with van der Waals surface area (Å²) in [6.07, 6.45) is -1.33. The first-order valence-electron chi connectivity index (χ1n) is 19.1. The number of phenolic OH excluding ortho intramolecular Hbond substituents is 2. The van der Waals surface area contributed by atoms with Gasteiger partial charge < -0.3 is 40.9 Å². The number of amides is 4. The van der Waals surface area contributed by atoms with Crippen LogP contribution in [0.3, 0.4) is 0 Å². The lowest BCUT2D eigenvalue weighted by molar-refractivity contribution is -0.143. The number of fused-ring (bicyclic) bond motifs is 6. The number of carbonyl (C=O) groups is 7. The Bertz CT molecular complexity index is 2290. The summed E-state index contributed by atoms with van der Waals surface area (Å²) in [5.74, 6) is -6.54. The fraction of sp³-hybridized carbons (Fsp3) is 0.341. The number of aromatic hydroxyl groups is 2. The molecule has 1 heterocycles. The van der Waals surface area contributed by atoms with Crippen molar-refractivity contribution in [1.29, 1.82) is 0 Å². The molecule has 0 radical (unpaired) electrons. The summed E-state index contributed by atoms with van der Waals surface area (Å²) in [6, 6.07) is 16.5. The standard InChI is InChI=1S/C44H48N4O11/c1-24-17-38(53)41(30-12-14-37(52)32(22-30)31-19-27(10-13-36(31)51)20-33(44(58)59)46-42(24)56)48(4)39(54)16-15-35(50)25(2)45-43(57)34(23-49)47(3)40(55)21-26-9-11-28-7-5-6-8-29(28)18-26/h5-14,18-19,22,24-25,33-34,41,49,51-52H,15-17,20-21,23H2,1-4H3,(H,45,57)(H,46,56)(H,58,59)/t24-,25-,33-,34-,41+/m1/s1. The van der Waals surface area contributed by atoms with Crippen molar-refractivity contribution in [2.75, 3.05) is 20.7 Å². The molecule has 310 valence electrons. The zero-order valence-corrected chi connectivity index (χ0v) is 33.2. The number of aliphatic hydroxyl groups excluding tert-OH is 1. The van der Waals surface area contributed by atoms with Crippen LogP contribution < -0.4 is 10.6 Å². The van der Waals surface area contributed by atoms with Gasteiger partial charge in [0, 0.05) is 56.8 Å². The van der Waals surface area contributed by atoms with Crippen LogP contribution in [-0.2, 0) is 46.4 Å². The number of phenols is 2. The van der Waals surface area contributed by atoms with Crippen molar-refractivity contribution in [2.45, 2.75) is 70.1 Å². The van der Waals surface area contributed by atoms with Gasteiger partial charge in [-0.1, -0.05) is 61.5 Å². The lowest BCUT2D eigenvalue weighted by Crippen LogP contribution is -2.53. The molecule has 0 saturated heterocycles. The SMILES string of the molecule is C[C@@H]1CC(=O)[C@@H](N(C)C(=O)CCC(=O)[C@@H](C)NC(=O)[C@@H](CO)N(C)C(=O)Cc2ccc3ccccc3c2)c2ccc(O)c(c2)-c2cc(ccc2O)C[C@H](C(=O)O)NC1=O. The number of hydrogen-bond acceptors (Lipinski definition) is 10. The maximum atomic E-state index is 14.0. The van der Waals surface area contributed by atoms with Crippen LogP contribution in [0, 0.1) is 5.92 Å². The van der Waals surface area contributed by atoms with Crippen molar-refractivity contribution in [2.24, 2.45) is 5.92 Å². The number of benzene rings is 4. The van der Waals surface area contributed by atoms with Gasteiger partial charge in [0.15, 0.2) is 11.6 Å². The molecule has 5 atom stereocenters. The average Bonchev–Trinajstić information content (AvgIpc) is 3.20. The number of aliphatic carboxylic acids is 1. The molecular formula is C44H48N4O11. The number of carbonyl (C=O) groups excluding carboxylic acids is 6. The zero-order chi connectivity index (χ0) is 43.1. The highest BCUT2D eigenvalue weighted by Gasteiger charge is 2.34. The Morgan fingerprint density at radius 3 is 2.17 bits per heavy atom. The van der Waals surface area contributed by atoms with Crippen molar-refractivity contribution in [1.82, 2.24) is 20.4 Å².